The summed E-state index contributed by atoms with van der Waals surface area (Å²) in [7, 11) is -1.32. The molecule has 0 saturated carbocycles. The first-order valence-electron chi connectivity index (χ1n) is 5.17. The molecule has 0 radical (unpaired) electrons. The van der Waals surface area contributed by atoms with Crippen LogP contribution < -0.4 is 10.6 Å². The van der Waals surface area contributed by atoms with E-state index in [1.165, 1.54) is 0 Å². The Morgan fingerprint density at radius 3 is 2.75 bits per heavy atom. The van der Waals surface area contributed by atoms with Gasteiger partial charge in [-0.05, 0) is 18.6 Å². The van der Waals surface area contributed by atoms with Gasteiger partial charge in [0.1, 0.15) is 0 Å². The summed E-state index contributed by atoms with van der Waals surface area (Å²) in [6.45, 7) is 7.56. The van der Waals surface area contributed by atoms with Gasteiger partial charge in [-0.15, -0.1) is 0 Å². The second kappa shape index (κ2) is 5.63. The number of hydrogen-bond acceptors (Lipinski definition) is 3. The monoisotopic (exact) mass is 217 g/mol. The summed E-state index contributed by atoms with van der Waals surface area (Å²) in [4.78, 5) is 4.10. The highest BCUT2D eigenvalue weighted by Gasteiger charge is 2.13. The van der Waals surface area contributed by atoms with Crippen molar-refractivity contribution in [3.05, 3.63) is 40.5 Å². The van der Waals surface area contributed by atoms with Crippen LogP contribution in [-0.4, -0.2) is 22.2 Å². The molecule has 1 heterocycles. The van der Waals surface area contributed by atoms with Crippen LogP contribution in [0.15, 0.2) is 24.4 Å². The van der Waals surface area contributed by atoms with Crippen molar-refractivity contribution in [1.29, 1.82) is 0 Å². The van der Waals surface area contributed by atoms with Gasteiger partial charge >= 0.3 is 7.12 Å². The van der Waals surface area contributed by atoms with E-state index in [2.05, 4.69) is 11.6 Å². The van der Waals surface area contributed by atoms with Crippen molar-refractivity contribution < 1.29 is 10.0 Å². The van der Waals surface area contributed by atoms with Crippen LogP contribution in [0.5, 0.6) is 0 Å². The van der Waals surface area contributed by atoms with Crippen LogP contribution in [0, 0.1) is 6.92 Å². The second-order valence-electron chi connectivity index (χ2n) is 3.81. The van der Waals surface area contributed by atoms with Gasteiger partial charge in [0, 0.05) is 17.2 Å². The van der Waals surface area contributed by atoms with E-state index < -0.39 is 7.12 Å². The summed E-state index contributed by atoms with van der Waals surface area (Å²) >= 11 is 0. The molecular weight excluding hydrogens is 201 g/mol. The van der Waals surface area contributed by atoms with E-state index in [1.54, 1.807) is 25.3 Å². The van der Waals surface area contributed by atoms with E-state index >= 15 is 0 Å². The highest BCUT2D eigenvalue weighted by atomic mass is 16.4. The van der Waals surface area contributed by atoms with Crippen LogP contribution >= 0.6 is 0 Å². The number of aromatic nitrogens is 1. The van der Waals surface area contributed by atoms with Crippen molar-refractivity contribution in [3.8, 4) is 0 Å². The van der Waals surface area contributed by atoms with E-state index in [4.69, 9.17) is 10.0 Å². The van der Waals surface area contributed by atoms with Gasteiger partial charge in [0.25, 0.3) is 0 Å². The first kappa shape index (κ1) is 12.7. The normalized spacial score (nSPS) is 14.4. The molecule has 0 spiro atoms. The Morgan fingerprint density at radius 1 is 1.50 bits per heavy atom. The molecule has 3 nitrogen and oxygen atoms in total. The van der Waals surface area contributed by atoms with Crippen molar-refractivity contribution in [2.24, 2.45) is 0 Å². The van der Waals surface area contributed by atoms with E-state index in [-0.39, 0.29) is 5.82 Å². The van der Waals surface area contributed by atoms with Crippen molar-refractivity contribution in [2.45, 2.75) is 19.7 Å². The average Bonchev–Trinajstić information content (AvgIpc) is 2.22. The molecule has 0 saturated heterocycles. The van der Waals surface area contributed by atoms with Gasteiger partial charge in [0.2, 0.25) is 0 Å². The summed E-state index contributed by atoms with van der Waals surface area (Å²) in [6, 6.07) is 1.92. The zero-order chi connectivity index (χ0) is 12.1. The lowest BCUT2D eigenvalue weighted by atomic mass is 9.74. The minimum atomic E-state index is -1.32. The predicted molar refractivity (Wildman–Crippen MR) is 67.0 cm³/mol. The number of allylic oxidation sites excluding steroid dienone is 2. The second-order valence-corrected chi connectivity index (χ2v) is 3.81. The number of hydrogen-bond donors (Lipinski definition) is 2. The Kier molecular flexibility index (Phi) is 4.46. The number of pyridine rings is 1. The topological polar surface area (TPSA) is 53.4 Å². The van der Waals surface area contributed by atoms with E-state index in [1.807, 2.05) is 19.1 Å². The van der Waals surface area contributed by atoms with Crippen LogP contribution in [0.3, 0.4) is 0 Å². The maximum absolute atomic E-state index is 8.89. The van der Waals surface area contributed by atoms with Crippen molar-refractivity contribution in [2.75, 3.05) is 0 Å². The van der Waals surface area contributed by atoms with Gasteiger partial charge < -0.3 is 10.0 Å². The Morgan fingerprint density at radius 2 is 2.19 bits per heavy atom. The van der Waals surface area contributed by atoms with Crippen molar-refractivity contribution in [1.82, 2.24) is 4.98 Å². The molecule has 1 atom stereocenters. The molecule has 84 valence electrons. The largest absolute Gasteiger partial charge is 0.458 e. The summed E-state index contributed by atoms with van der Waals surface area (Å²) in [5, 5.41) is 19.5. The molecule has 0 amide bonds. The van der Waals surface area contributed by atoms with Gasteiger partial charge in [-0.3, -0.25) is 4.98 Å². The standard InChI is InChI=1S/C12H16BNO2/c1-9-7-8-14-11(3)12(9)6-4-5-10(2)13(15)16/h4-8,10,15-16H,3H2,1-2H3/b5-4-,12-6-. The lowest BCUT2D eigenvalue weighted by molar-refractivity contribution is 0.398. The molecule has 4 heteroatoms. The van der Waals surface area contributed by atoms with E-state index in [9.17, 15) is 0 Å². The lowest BCUT2D eigenvalue weighted by Gasteiger charge is -2.01. The van der Waals surface area contributed by atoms with Crippen molar-refractivity contribution in [3.63, 3.8) is 0 Å². The molecule has 0 fully saturated rings. The maximum atomic E-state index is 8.89. The third kappa shape index (κ3) is 3.33. The highest BCUT2D eigenvalue weighted by molar-refractivity contribution is 6.43. The third-order valence-electron chi connectivity index (χ3n) is 2.44. The molecule has 1 aromatic rings. The Bertz CT molecular complexity index is 482. The number of nitrogens with zero attached hydrogens (tertiary/aromatic N) is 1. The minimum absolute atomic E-state index is 0.290. The first-order valence-corrected chi connectivity index (χ1v) is 5.17. The molecule has 0 aliphatic rings. The average molecular weight is 217 g/mol. The zero-order valence-electron chi connectivity index (χ0n) is 9.59. The van der Waals surface area contributed by atoms with Crippen LogP contribution in [-0.2, 0) is 0 Å². The fourth-order valence-corrected chi connectivity index (χ4v) is 1.28. The molecule has 1 unspecified atom stereocenters. The molecular formula is C12H16BNO2. The molecule has 0 aliphatic heterocycles. The van der Waals surface area contributed by atoms with Crippen LogP contribution in [0.1, 0.15) is 12.5 Å². The number of rotatable bonds is 3. The van der Waals surface area contributed by atoms with E-state index in [0.717, 1.165) is 16.1 Å². The summed E-state index contributed by atoms with van der Waals surface area (Å²) in [5.41, 5.74) is 1.10. The molecule has 1 aromatic heterocycles. The first-order chi connectivity index (χ1) is 7.52. The Hall–Kier alpha value is -1.39. The van der Waals surface area contributed by atoms with Gasteiger partial charge in [0.05, 0.1) is 5.35 Å². The molecule has 16 heavy (non-hydrogen) atoms. The minimum Gasteiger partial charge on any atom is -0.427 e. The SMILES string of the molecule is C=c1nccc(C)/c1=C/C=C\C(C)B(O)O. The predicted octanol–water partition coefficient (Wildman–Crippen LogP) is -0.0000800. The van der Waals surface area contributed by atoms with Crippen LogP contribution in [0.25, 0.3) is 12.7 Å². The molecule has 0 aromatic carbocycles. The summed E-state index contributed by atoms with van der Waals surface area (Å²) < 4.78 is 0. The highest BCUT2D eigenvalue weighted by Crippen LogP contribution is 2.05. The lowest BCUT2D eigenvalue weighted by Crippen LogP contribution is -2.28. The fraction of sp³-hybridized carbons (Fsp3) is 0.250. The van der Waals surface area contributed by atoms with E-state index in [0.29, 0.717) is 0 Å². The maximum Gasteiger partial charge on any atom is 0.458 e. The molecule has 0 bridgehead atoms. The molecule has 0 aliphatic carbocycles. The zero-order valence-corrected chi connectivity index (χ0v) is 9.59. The van der Waals surface area contributed by atoms with Gasteiger partial charge in [0.15, 0.2) is 0 Å². The molecule has 1 rings (SSSR count). The summed E-state index contributed by atoms with van der Waals surface area (Å²) in [5.74, 6) is -0.290. The van der Waals surface area contributed by atoms with Gasteiger partial charge in [-0.2, -0.15) is 0 Å². The Labute approximate surface area is 95.6 Å². The van der Waals surface area contributed by atoms with Crippen LogP contribution in [0.2, 0.25) is 5.82 Å². The van der Waals surface area contributed by atoms with Gasteiger partial charge in [-0.25, -0.2) is 0 Å². The quantitative estimate of drug-likeness (QED) is 0.700. The smallest absolute Gasteiger partial charge is 0.427 e. The summed E-state index contributed by atoms with van der Waals surface area (Å²) in [6.07, 6.45) is 7.13. The Balaban J connectivity index is 2.98. The molecule has 2 N–H and O–H groups in total. The fourth-order valence-electron chi connectivity index (χ4n) is 1.28. The van der Waals surface area contributed by atoms with Crippen LogP contribution in [0.4, 0.5) is 0 Å². The van der Waals surface area contributed by atoms with Gasteiger partial charge in [-0.1, -0.05) is 31.7 Å². The number of aryl methyl sites for hydroxylation is 1. The van der Waals surface area contributed by atoms with Crippen molar-refractivity contribution >= 4 is 19.8 Å². The third-order valence-corrected chi connectivity index (χ3v) is 2.44.